The van der Waals surface area contributed by atoms with Gasteiger partial charge in [0, 0.05) is 25.5 Å². The predicted molar refractivity (Wildman–Crippen MR) is 73.5 cm³/mol. The summed E-state index contributed by atoms with van der Waals surface area (Å²) in [5, 5.41) is 7.14. The first-order valence-electron chi connectivity index (χ1n) is 5.83. The molecule has 18 heavy (non-hydrogen) atoms. The second-order valence-electron chi connectivity index (χ2n) is 4.03. The Labute approximate surface area is 106 Å². The van der Waals surface area contributed by atoms with Crippen LogP contribution in [0.1, 0.15) is 5.56 Å². The van der Waals surface area contributed by atoms with Gasteiger partial charge in [-0.1, -0.05) is 18.2 Å². The lowest BCUT2D eigenvalue weighted by atomic mass is 10.3. The van der Waals surface area contributed by atoms with Crippen molar-refractivity contribution in [2.24, 2.45) is 17.8 Å². The molecular weight excluding hydrogens is 226 g/mol. The quantitative estimate of drug-likeness (QED) is 0.630. The number of guanidine groups is 1. The topological polar surface area (TPSA) is 68.2 Å². The van der Waals surface area contributed by atoms with E-state index in [1.54, 1.807) is 4.68 Å². The van der Waals surface area contributed by atoms with Crippen LogP contribution in [0.5, 0.6) is 0 Å². The lowest BCUT2D eigenvalue weighted by Crippen LogP contribution is -2.22. The molecule has 1 heterocycles. The lowest BCUT2D eigenvalue weighted by Gasteiger charge is -2.04. The summed E-state index contributed by atoms with van der Waals surface area (Å²) < 4.78 is 1.78. The number of rotatable bonds is 4. The summed E-state index contributed by atoms with van der Waals surface area (Å²) in [6.45, 7) is 0.650. The number of aryl methyl sites for hydroxylation is 1. The van der Waals surface area contributed by atoms with E-state index >= 15 is 0 Å². The van der Waals surface area contributed by atoms with Crippen LogP contribution in [0.4, 0.5) is 5.69 Å². The number of nitrogens with one attached hydrogen (secondary N) is 1. The fraction of sp³-hybridized carbons (Fsp3) is 0.231. The number of nitrogens with two attached hydrogens (primary N) is 1. The van der Waals surface area contributed by atoms with Crippen LogP contribution in [0.2, 0.25) is 0 Å². The third kappa shape index (κ3) is 3.62. The minimum Gasteiger partial charge on any atom is -0.370 e. The van der Waals surface area contributed by atoms with E-state index in [1.165, 1.54) is 0 Å². The van der Waals surface area contributed by atoms with Crippen LogP contribution in [0.15, 0.2) is 47.7 Å². The molecule has 1 aromatic heterocycles. The van der Waals surface area contributed by atoms with E-state index in [9.17, 15) is 0 Å². The Kier molecular flexibility index (Phi) is 3.96. The first-order chi connectivity index (χ1) is 8.74. The van der Waals surface area contributed by atoms with Crippen LogP contribution in [-0.2, 0) is 13.5 Å². The predicted octanol–water partition coefficient (Wildman–Crippen LogP) is 1.39. The van der Waals surface area contributed by atoms with Crippen LogP contribution < -0.4 is 11.1 Å². The van der Waals surface area contributed by atoms with Crippen molar-refractivity contribution in [2.75, 3.05) is 11.9 Å². The molecule has 0 unspecified atom stereocenters. The van der Waals surface area contributed by atoms with Gasteiger partial charge < -0.3 is 11.1 Å². The van der Waals surface area contributed by atoms with E-state index in [4.69, 9.17) is 5.73 Å². The summed E-state index contributed by atoms with van der Waals surface area (Å²) in [5.74, 6) is 0.435. The van der Waals surface area contributed by atoms with Crippen molar-refractivity contribution in [2.45, 2.75) is 6.42 Å². The zero-order valence-corrected chi connectivity index (χ0v) is 10.4. The molecule has 0 aliphatic carbocycles. The van der Waals surface area contributed by atoms with E-state index in [0.29, 0.717) is 12.5 Å². The molecule has 0 saturated carbocycles. The Morgan fingerprint density at radius 3 is 2.83 bits per heavy atom. The summed E-state index contributed by atoms with van der Waals surface area (Å²) in [4.78, 5) is 4.27. The van der Waals surface area contributed by atoms with E-state index in [1.807, 2.05) is 49.8 Å². The van der Waals surface area contributed by atoms with Crippen LogP contribution >= 0.6 is 0 Å². The molecule has 0 amide bonds. The second kappa shape index (κ2) is 5.86. The van der Waals surface area contributed by atoms with Crippen LogP contribution in [-0.4, -0.2) is 22.3 Å². The van der Waals surface area contributed by atoms with E-state index in [-0.39, 0.29) is 0 Å². The van der Waals surface area contributed by atoms with Crippen LogP contribution in [0.3, 0.4) is 0 Å². The molecule has 0 bridgehead atoms. The first kappa shape index (κ1) is 12.2. The van der Waals surface area contributed by atoms with Gasteiger partial charge in [0.1, 0.15) is 0 Å². The highest BCUT2D eigenvalue weighted by atomic mass is 15.2. The molecule has 0 fully saturated rings. The van der Waals surface area contributed by atoms with Crippen molar-refractivity contribution in [3.05, 3.63) is 48.3 Å². The summed E-state index contributed by atoms with van der Waals surface area (Å²) in [5.41, 5.74) is 7.90. The number of benzene rings is 1. The molecule has 5 heteroatoms. The van der Waals surface area contributed by atoms with Gasteiger partial charge in [0.15, 0.2) is 5.96 Å². The average Bonchev–Trinajstić information content (AvgIpc) is 2.76. The Bertz CT molecular complexity index is 515. The fourth-order valence-electron chi connectivity index (χ4n) is 1.62. The number of hydrogen-bond acceptors (Lipinski definition) is 2. The average molecular weight is 243 g/mol. The summed E-state index contributed by atoms with van der Waals surface area (Å²) in [6.07, 6.45) is 4.66. The zero-order valence-electron chi connectivity index (χ0n) is 10.4. The Balaban J connectivity index is 1.82. The maximum Gasteiger partial charge on any atom is 0.193 e. The largest absolute Gasteiger partial charge is 0.370 e. The van der Waals surface area contributed by atoms with E-state index < -0.39 is 0 Å². The summed E-state index contributed by atoms with van der Waals surface area (Å²) in [7, 11) is 1.90. The van der Waals surface area contributed by atoms with Crippen molar-refractivity contribution < 1.29 is 0 Å². The Morgan fingerprint density at radius 1 is 1.39 bits per heavy atom. The molecule has 2 rings (SSSR count). The molecule has 3 N–H and O–H groups in total. The Morgan fingerprint density at radius 2 is 2.17 bits per heavy atom. The number of anilines is 1. The highest BCUT2D eigenvalue weighted by molar-refractivity contribution is 5.92. The molecule has 94 valence electrons. The first-order valence-corrected chi connectivity index (χ1v) is 5.83. The van der Waals surface area contributed by atoms with Gasteiger partial charge in [0.05, 0.1) is 6.20 Å². The standard InChI is InChI=1S/C13H17N5/c1-18-10-11(9-16-18)7-8-15-13(14)17-12-5-3-2-4-6-12/h2-6,9-10H,7-8H2,1H3,(H3,14,15,17). The molecule has 1 aromatic carbocycles. The van der Waals surface area contributed by atoms with Gasteiger partial charge in [-0.25, -0.2) is 0 Å². The molecule has 0 aliphatic heterocycles. The van der Waals surface area contributed by atoms with Crippen molar-refractivity contribution >= 4 is 11.6 Å². The fourth-order valence-corrected chi connectivity index (χ4v) is 1.62. The van der Waals surface area contributed by atoms with Gasteiger partial charge >= 0.3 is 0 Å². The smallest absolute Gasteiger partial charge is 0.193 e. The van der Waals surface area contributed by atoms with Gasteiger partial charge in [0.2, 0.25) is 0 Å². The monoisotopic (exact) mass is 243 g/mol. The van der Waals surface area contributed by atoms with Crippen molar-refractivity contribution in [3.63, 3.8) is 0 Å². The number of nitrogens with zero attached hydrogens (tertiary/aromatic N) is 3. The molecule has 0 aliphatic rings. The highest BCUT2D eigenvalue weighted by Gasteiger charge is 1.96. The summed E-state index contributed by atoms with van der Waals surface area (Å²) in [6, 6.07) is 9.75. The number of aliphatic imine (C=N–C) groups is 1. The Hall–Kier alpha value is -2.30. The third-order valence-corrected chi connectivity index (χ3v) is 2.49. The molecular formula is C13H17N5. The van der Waals surface area contributed by atoms with Crippen LogP contribution in [0.25, 0.3) is 0 Å². The molecule has 0 radical (unpaired) electrons. The summed E-state index contributed by atoms with van der Waals surface area (Å²) >= 11 is 0. The van der Waals surface area contributed by atoms with Gasteiger partial charge in [-0.05, 0) is 24.1 Å². The highest BCUT2D eigenvalue weighted by Crippen LogP contribution is 2.04. The van der Waals surface area contributed by atoms with Crippen molar-refractivity contribution in [1.29, 1.82) is 0 Å². The molecule has 0 saturated heterocycles. The molecule has 0 spiro atoms. The number of para-hydroxylation sites is 1. The minimum absolute atomic E-state index is 0.435. The number of hydrogen-bond donors (Lipinski definition) is 2. The lowest BCUT2D eigenvalue weighted by molar-refractivity contribution is 0.766. The van der Waals surface area contributed by atoms with E-state index in [2.05, 4.69) is 15.4 Å². The minimum atomic E-state index is 0.435. The molecule has 0 atom stereocenters. The third-order valence-electron chi connectivity index (χ3n) is 2.49. The van der Waals surface area contributed by atoms with Crippen molar-refractivity contribution in [1.82, 2.24) is 9.78 Å². The van der Waals surface area contributed by atoms with Gasteiger partial charge in [-0.3, -0.25) is 9.67 Å². The van der Waals surface area contributed by atoms with Gasteiger partial charge in [-0.2, -0.15) is 5.10 Å². The SMILES string of the molecule is Cn1cc(CCN=C(N)Nc2ccccc2)cn1. The molecule has 5 nitrogen and oxygen atoms in total. The van der Waals surface area contributed by atoms with Crippen molar-refractivity contribution in [3.8, 4) is 0 Å². The zero-order chi connectivity index (χ0) is 12.8. The van der Waals surface area contributed by atoms with Crippen LogP contribution in [0, 0.1) is 0 Å². The van der Waals surface area contributed by atoms with E-state index in [0.717, 1.165) is 17.7 Å². The maximum atomic E-state index is 5.79. The van der Waals surface area contributed by atoms with Gasteiger partial charge in [0.25, 0.3) is 0 Å². The second-order valence-corrected chi connectivity index (χ2v) is 4.03. The molecule has 2 aromatic rings. The number of aromatic nitrogens is 2. The maximum absolute atomic E-state index is 5.79. The normalized spacial score (nSPS) is 11.5. The van der Waals surface area contributed by atoms with Gasteiger partial charge in [-0.15, -0.1) is 0 Å².